The minimum atomic E-state index is -0.0920. The van der Waals surface area contributed by atoms with Gasteiger partial charge in [0.2, 0.25) is 0 Å². The van der Waals surface area contributed by atoms with E-state index in [4.69, 9.17) is 9.47 Å². The van der Waals surface area contributed by atoms with E-state index < -0.39 is 0 Å². The van der Waals surface area contributed by atoms with Gasteiger partial charge in [0, 0.05) is 11.8 Å². The first kappa shape index (κ1) is 9.52. The van der Waals surface area contributed by atoms with Crippen molar-refractivity contribution in [2.24, 2.45) is 5.41 Å². The van der Waals surface area contributed by atoms with Crippen LogP contribution in [0.25, 0.3) is 0 Å². The summed E-state index contributed by atoms with van der Waals surface area (Å²) in [6.07, 6.45) is 1.38. The van der Waals surface area contributed by atoms with Crippen LogP contribution in [-0.4, -0.2) is 25.8 Å². The van der Waals surface area contributed by atoms with Gasteiger partial charge in [0.1, 0.15) is 6.61 Å². The molecule has 12 heavy (non-hydrogen) atoms. The van der Waals surface area contributed by atoms with Gasteiger partial charge in [0.25, 0.3) is 0 Å². The van der Waals surface area contributed by atoms with Gasteiger partial charge in [0.05, 0.1) is 13.2 Å². The molecule has 0 saturated carbocycles. The molecule has 0 aromatic heterocycles. The van der Waals surface area contributed by atoms with Crippen molar-refractivity contribution in [3.63, 3.8) is 0 Å². The van der Waals surface area contributed by atoms with Crippen LogP contribution < -0.4 is 0 Å². The van der Waals surface area contributed by atoms with E-state index in [0.29, 0.717) is 26.2 Å². The van der Waals surface area contributed by atoms with Crippen LogP contribution in [0.2, 0.25) is 0 Å². The van der Waals surface area contributed by atoms with E-state index in [1.54, 1.807) is 0 Å². The monoisotopic (exact) mass is 172 g/mol. The second kappa shape index (κ2) is 3.90. The zero-order valence-electron chi connectivity index (χ0n) is 7.76. The molecule has 1 rings (SSSR count). The average Bonchev–Trinajstić information content (AvgIpc) is 1.98. The fourth-order valence-electron chi connectivity index (χ4n) is 1.06. The molecule has 1 aliphatic rings. The number of carbonyl (C=O) groups is 1. The van der Waals surface area contributed by atoms with Gasteiger partial charge in [-0.1, -0.05) is 13.8 Å². The normalized spacial score (nSPS) is 19.8. The predicted octanol–water partition coefficient (Wildman–Crippen LogP) is 1.37. The molecule has 0 bridgehead atoms. The summed E-state index contributed by atoms with van der Waals surface area (Å²) in [5.41, 5.74) is 0.0867. The fraction of sp³-hybridized carbons (Fsp3) is 0.889. The molecule has 0 aromatic carbocycles. The molecular formula is C9H16O3. The minimum Gasteiger partial charge on any atom is -0.465 e. The maximum atomic E-state index is 11.0. The van der Waals surface area contributed by atoms with Gasteiger partial charge in [0.15, 0.2) is 0 Å². The maximum Gasteiger partial charge on any atom is 0.305 e. The molecule has 0 amide bonds. The standard InChI is InChI=1S/C9H16O3/c1-3-4-8(10)12-7-9(2)5-11-6-9/h3-7H2,1-2H3. The first-order valence-corrected chi connectivity index (χ1v) is 4.40. The van der Waals surface area contributed by atoms with Gasteiger partial charge < -0.3 is 9.47 Å². The van der Waals surface area contributed by atoms with Crippen molar-refractivity contribution in [2.75, 3.05) is 19.8 Å². The highest BCUT2D eigenvalue weighted by Gasteiger charge is 2.34. The average molecular weight is 172 g/mol. The van der Waals surface area contributed by atoms with Crippen LogP contribution in [0.1, 0.15) is 26.7 Å². The lowest BCUT2D eigenvalue weighted by Crippen LogP contribution is -2.44. The lowest BCUT2D eigenvalue weighted by atomic mass is 9.90. The molecule has 1 saturated heterocycles. The first-order valence-electron chi connectivity index (χ1n) is 4.40. The second-order valence-electron chi connectivity index (χ2n) is 3.71. The van der Waals surface area contributed by atoms with Gasteiger partial charge >= 0.3 is 5.97 Å². The molecule has 1 fully saturated rings. The Morgan fingerprint density at radius 2 is 2.25 bits per heavy atom. The van der Waals surface area contributed by atoms with E-state index in [9.17, 15) is 4.79 Å². The number of carbonyl (C=O) groups excluding carboxylic acids is 1. The Hall–Kier alpha value is -0.570. The Kier molecular flexibility index (Phi) is 3.09. The van der Waals surface area contributed by atoms with Crippen molar-refractivity contribution in [2.45, 2.75) is 26.7 Å². The smallest absolute Gasteiger partial charge is 0.305 e. The van der Waals surface area contributed by atoms with Crippen LogP contribution in [-0.2, 0) is 14.3 Å². The highest BCUT2D eigenvalue weighted by Crippen LogP contribution is 2.26. The lowest BCUT2D eigenvalue weighted by Gasteiger charge is -2.37. The van der Waals surface area contributed by atoms with Crippen molar-refractivity contribution in [1.29, 1.82) is 0 Å². The summed E-state index contributed by atoms with van der Waals surface area (Å²) in [5, 5.41) is 0. The zero-order valence-corrected chi connectivity index (χ0v) is 7.76. The van der Waals surface area contributed by atoms with Crippen molar-refractivity contribution in [3.8, 4) is 0 Å². The third-order valence-electron chi connectivity index (χ3n) is 1.94. The Morgan fingerprint density at radius 3 is 2.67 bits per heavy atom. The highest BCUT2D eigenvalue weighted by molar-refractivity contribution is 5.69. The second-order valence-corrected chi connectivity index (χ2v) is 3.71. The molecule has 0 aliphatic carbocycles. The quantitative estimate of drug-likeness (QED) is 0.601. The van der Waals surface area contributed by atoms with E-state index in [0.717, 1.165) is 6.42 Å². The number of esters is 1. The van der Waals surface area contributed by atoms with Crippen LogP contribution in [0.5, 0.6) is 0 Å². The molecule has 0 spiro atoms. The van der Waals surface area contributed by atoms with E-state index in [-0.39, 0.29) is 11.4 Å². The Bertz CT molecular complexity index is 161. The molecule has 0 unspecified atom stereocenters. The van der Waals surface area contributed by atoms with Gasteiger partial charge in [-0.05, 0) is 6.42 Å². The predicted molar refractivity (Wildman–Crippen MR) is 44.8 cm³/mol. The SMILES string of the molecule is CCCC(=O)OCC1(C)COC1. The molecule has 0 atom stereocenters. The van der Waals surface area contributed by atoms with E-state index >= 15 is 0 Å². The van der Waals surface area contributed by atoms with Gasteiger partial charge in [-0.15, -0.1) is 0 Å². The number of rotatable bonds is 4. The molecule has 1 heterocycles. The maximum absolute atomic E-state index is 11.0. The van der Waals surface area contributed by atoms with Gasteiger partial charge in [-0.2, -0.15) is 0 Å². The third kappa shape index (κ3) is 2.48. The van der Waals surface area contributed by atoms with Crippen molar-refractivity contribution < 1.29 is 14.3 Å². The Labute approximate surface area is 73.0 Å². The largest absolute Gasteiger partial charge is 0.465 e. The van der Waals surface area contributed by atoms with Crippen LogP contribution in [0.15, 0.2) is 0 Å². The minimum absolute atomic E-state index is 0.0867. The molecule has 3 heteroatoms. The summed E-state index contributed by atoms with van der Waals surface area (Å²) < 4.78 is 10.1. The molecule has 70 valence electrons. The van der Waals surface area contributed by atoms with Crippen LogP contribution in [0.4, 0.5) is 0 Å². The van der Waals surface area contributed by atoms with Crippen LogP contribution >= 0.6 is 0 Å². The summed E-state index contributed by atoms with van der Waals surface area (Å²) >= 11 is 0. The lowest BCUT2D eigenvalue weighted by molar-refractivity contribution is -0.165. The van der Waals surface area contributed by atoms with Crippen molar-refractivity contribution in [1.82, 2.24) is 0 Å². The van der Waals surface area contributed by atoms with E-state index in [2.05, 4.69) is 6.92 Å². The molecule has 0 N–H and O–H groups in total. The van der Waals surface area contributed by atoms with Crippen LogP contribution in [0.3, 0.4) is 0 Å². The molecular weight excluding hydrogens is 156 g/mol. The molecule has 0 radical (unpaired) electrons. The first-order chi connectivity index (χ1) is 5.66. The zero-order chi connectivity index (χ0) is 9.03. The summed E-state index contributed by atoms with van der Waals surface area (Å²) in [4.78, 5) is 11.0. The number of hydrogen-bond donors (Lipinski definition) is 0. The summed E-state index contributed by atoms with van der Waals surface area (Å²) in [5.74, 6) is -0.0920. The van der Waals surface area contributed by atoms with E-state index in [1.165, 1.54) is 0 Å². The molecule has 1 aliphatic heterocycles. The summed E-state index contributed by atoms with van der Waals surface area (Å²) in [6.45, 7) is 5.97. The molecule has 0 aromatic rings. The summed E-state index contributed by atoms with van der Waals surface area (Å²) in [6, 6.07) is 0. The topological polar surface area (TPSA) is 35.5 Å². The van der Waals surface area contributed by atoms with Crippen LogP contribution in [0, 0.1) is 5.41 Å². The Balaban J connectivity index is 2.12. The molecule has 3 nitrogen and oxygen atoms in total. The van der Waals surface area contributed by atoms with E-state index in [1.807, 2.05) is 6.92 Å². The van der Waals surface area contributed by atoms with Gasteiger partial charge in [-0.25, -0.2) is 0 Å². The number of hydrogen-bond acceptors (Lipinski definition) is 3. The fourth-order valence-corrected chi connectivity index (χ4v) is 1.06. The highest BCUT2D eigenvalue weighted by atomic mass is 16.5. The number of ether oxygens (including phenoxy) is 2. The Morgan fingerprint density at radius 1 is 1.58 bits per heavy atom. The van der Waals surface area contributed by atoms with Gasteiger partial charge in [-0.3, -0.25) is 4.79 Å². The third-order valence-corrected chi connectivity index (χ3v) is 1.94. The van der Waals surface area contributed by atoms with Crippen molar-refractivity contribution in [3.05, 3.63) is 0 Å². The summed E-state index contributed by atoms with van der Waals surface area (Å²) in [7, 11) is 0. The van der Waals surface area contributed by atoms with Crippen molar-refractivity contribution >= 4 is 5.97 Å².